The second kappa shape index (κ2) is 6.42. The van der Waals surface area contributed by atoms with Gasteiger partial charge in [0.2, 0.25) is 0 Å². The zero-order chi connectivity index (χ0) is 17.4. The summed E-state index contributed by atoms with van der Waals surface area (Å²) < 4.78 is 22.8. The Kier molecular flexibility index (Phi) is 5.81. The summed E-state index contributed by atoms with van der Waals surface area (Å²) in [7, 11) is -11.0. The molecule has 0 aromatic carbocycles. The minimum Gasteiger partial charge on any atom is -0.368 e. The van der Waals surface area contributed by atoms with Crippen molar-refractivity contribution in [2.45, 2.75) is 56.6 Å². The van der Waals surface area contributed by atoms with E-state index in [1.54, 1.807) is 0 Å². The summed E-state index contributed by atoms with van der Waals surface area (Å²) in [4.78, 5) is 36.7. The van der Waals surface area contributed by atoms with E-state index >= 15 is 0 Å². The summed E-state index contributed by atoms with van der Waals surface area (Å²) >= 11 is 0. The van der Waals surface area contributed by atoms with Gasteiger partial charge in [-0.1, -0.05) is 12.8 Å². The molecule has 0 radical (unpaired) electrons. The van der Waals surface area contributed by atoms with Crippen LogP contribution in [0.25, 0.3) is 0 Å². The van der Waals surface area contributed by atoms with E-state index in [9.17, 15) is 33.8 Å². The van der Waals surface area contributed by atoms with Gasteiger partial charge in [0.25, 0.3) is 5.08 Å². The topological polar surface area (TPSA) is 185 Å². The van der Waals surface area contributed by atoms with Crippen molar-refractivity contribution in [3.05, 3.63) is 0 Å². The van der Waals surface area contributed by atoms with Crippen LogP contribution in [0.2, 0.25) is 0 Å². The highest BCUT2D eigenvalue weighted by atomic mass is 31.2. The first kappa shape index (κ1) is 19.9. The summed E-state index contributed by atoms with van der Waals surface area (Å²) in [6.07, 6.45) is 1.72. The highest BCUT2D eigenvalue weighted by Gasteiger charge is 2.60. The van der Waals surface area contributed by atoms with Gasteiger partial charge in [0.15, 0.2) is 0 Å². The highest BCUT2D eigenvalue weighted by Crippen LogP contribution is 2.70. The standard InChI is InChI=1S/C11H24N2O7P2/c1-8(12)10(5-3-2-4-9(10)13)6-7-11(14,21(15,16)17)22(18,19)20/h9,12,14H,2-7,13H2,1H3,(H2,15,16,17)(H2,18,19,20). The van der Waals surface area contributed by atoms with E-state index in [-0.39, 0.29) is 12.1 Å². The fourth-order valence-electron chi connectivity index (χ4n) is 3.08. The van der Waals surface area contributed by atoms with Crippen LogP contribution in [-0.2, 0) is 9.13 Å². The Balaban J connectivity index is 3.13. The van der Waals surface area contributed by atoms with Crippen molar-refractivity contribution in [1.82, 2.24) is 0 Å². The molecule has 2 unspecified atom stereocenters. The maximum absolute atomic E-state index is 11.4. The van der Waals surface area contributed by atoms with Crippen molar-refractivity contribution in [3.63, 3.8) is 0 Å². The smallest absolute Gasteiger partial charge is 0.368 e. The van der Waals surface area contributed by atoms with E-state index in [1.807, 2.05) is 0 Å². The van der Waals surface area contributed by atoms with Gasteiger partial charge < -0.3 is 35.8 Å². The van der Waals surface area contributed by atoms with Crippen LogP contribution in [0.3, 0.4) is 0 Å². The van der Waals surface area contributed by atoms with Gasteiger partial charge in [-0.05, 0) is 26.2 Å². The fourth-order valence-corrected chi connectivity index (χ4v) is 5.25. The van der Waals surface area contributed by atoms with E-state index < -0.39 is 38.2 Å². The SMILES string of the molecule is CC(=N)C1(CCC(O)(P(=O)(O)O)P(=O)(O)O)CCCCC1N. The molecule has 130 valence electrons. The molecule has 2 atom stereocenters. The molecule has 22 heavy (non-hydrogen) atoms. The number of hydrogen-bond donors (Lipinski definition) is 7. The zero-order valence-corrected chi connectivity index (χ0v) is 14.1. The predicted octanol–water partition coefficient (Wildman–Crippen LogP) is 0.695. The van der Waals surface area contributed by atoms with Crippen LogP contribution in [-0.4, -0.2) is 41.5 Å². The quantitative estimate of drug-likeness (QED) is 0.267. The third kappa shape index (κ3) is 3.52. The minimum atomic E-state index is -5.48. The molecule has 0 amide bonds. The van der Waals surface area contributed by atoms with Crippen molar-refractivity contribution in [1.29, 1.82) is 5.41 Å². The van der Waals surface area contributed by atoms with Crippen molar-refractivity contribution in [3.8, 4) is 0 Å². The summed E-state index contributed by atoms with van der Waals surface area (Å²) in [6.45, 7) is 1.51. The van der Waals surface area contributed by atoms with Gasteiger partial charge in [0.1, 0.15) is 0 Å². The predicted molar refractivity (Wildman–Crippen MR) is 80.5 cm³/mol. The molecule has 0 aliphatic heterocycles. The van der Waals surface area contributed by atoms with Crippen LogP contribution < -0.4 is 5.73 Å². The zero-order valence-electron chi connectivity index (χ0n) is 12.3. The molecule has 11 heteroatoms. The molecule has 0 aromatic heterocycles. The molecule has 0 spiro atoms. The van der Waals surface area contributed by atoms with Gasteiger partial charge >= 0.3 is 15.2 Å². The largest absolute Gasteiger partial charge is 0.369 e. The number of nitrogens with one attached hydrogen (secondary N) is 1. The second-order valence-corrected chi connectivity index (χ2v) is 10.0. The number of nitrogens with two attached hydrogens (primary N) is 1. The Morgan fingerprint density at radius 2 is 1.77 bits per heavy atom. The summed E-state index contributed by atoms with van der Waals surface area (Å²) in [5.41, 5.74) is 5.34. The van der Waals surface area contributed by atoms with Crippen LogP contribution in [0.15, 0.2) is 0 Å². The molecule has 0 saturated heterocycles. The van der Waals surface area contributed by atoms with Gasteiger partial charge in [-0.2, -0.15) is 0 Å². The molecule has 1 fully saturated rings. The van der Waals surface area contributed by atoms with Crippen LogP contribution in [0.1, 0.15) is 45.4 Å². The lowest BCUT2D eigenvalue weighted by Gasteiger charge is -2.44. The number of rotatable bonds is 6. The Labute approximate surface area is 128 Å². The molecule has 0 bridgehead atoms. The third-order valence-corrected chi connectivity index (χ3v) is 8.56. The first-order valence-electron chi connectivity index (χ1n) is 6.93. The van der Waals surface area contributed by atoms with Crippen LogP contribution in [0, 0.1) is 10.8 Å². The van der Waals surface area contributed by atoms with E-state index in [1.165, 1.54) is 6.92 Å². The van der Waals surface area contributed by atoms with E-state index in [2.05, 4.69) is 0 Å². The lowest BCUT2D eigenvalue weighted by Crippen LogP contribution is -2.49. The molecule has 9 nitrogen and oxygen atoms in total. The van der Waals surface area contributed by atoms with Crippen LogP contribution >= 0.6 is 15.2 Å². The average Bonchev–Trinajstić information content (AvgIpc) is 2.34. The highest BCUT2D eigenvalue weighted by molar-refractivity contribution is 7.72. The molecule has 1 rings (SSSR count). The van der Waals surface area contributed by atoms with Gasteiger partial charge in [-0.25, -0.2) is 0 Å². The van der Waals surface area contributed by atoms with Gasteiger partial charge in [-0.3, -0.25) is 9.13 Å². The van der Waals surface area contributed by atoms with Crippen LogP contribution in [0.4, 0.5) is 0 Å². The molecule has 0 heterocycles. The summed E-state index contributed by atoms with van der Waals surface area (Å²) in [5.74, 6) is 0. The Bertz CT molecular complexity index is 507. The Morgan fingerprint density at radius 1 is 1.27 bits per heavy atom. The van der Waals surface area contributed by atoms with Gasteiger partial charge in [0, 0.05) is 23.6 Å². The lowest BCUT2D eigenvalue weighted by molar-refractivity contribution is 0.102. The summed E-state index contributed by atoms with van der Waals surface area (Å²) in [6, 6.07) is -0.448. The maximum Gasteiger partial charge on any atom is 0.369 e. The first-order chi connectivity index (χ1) is 9.78. The Morgan fingerprint density at radius 3 is 2.14 bits per heavy atom. The van der Waals surface area contributed by atoms with Gasteiger partial charge in [0.05, 0.1) is 0 Å². The summed E-state index contributed by atoms with van der Waals surface area (Å²) in [5, 5.41) is 14.5. The number of aliphatic hydroxyl groups is 1. The molecule has 1 aliphatic carbocycles. The number of hydrogen-bond acceptors (Lipinski definition) is 5. The second-order valence-electron chi connectivity index (χ2n) is 6.00. The van der Waals surface area contributed by atoms with Crippen molar-refractivity contribution < 1.29 is 33.8 Å². The van der Waals surface area contributed by atoms with Crippen molar-refractivity contribution >= 4 is 20.9 Å². The van der Waals surface area contributed by atoms with E-state index in [0.717, 1.165) is 12.8 Å². The van der Waals surface area contributed by atoms with E-state index in [4.69, 9.17) is 11.1 Å². The van der Waals surface area contributed by atoms with Crippen molar-refractivity contribution in [2.75, 3.05) is 0 Å². The lowest BCUT2D eigenvalue weighted by atomic mass is 9.65. The molecular weight excluding hydrogens is 334 g/mol. The molecule has 1 aliphatic rings. The molecular formula is C11H24N2O7P2. The normalized spacial score (nSPS) is 27.7. The third-order valence-electron chi connectivity index (χ3n) is 4.68. The minimum absolute atomic E-state index is 0.170. The maximum atomic E-state index is 11.4. The monoisotopic (exact) mass is 358 g/mol. The molecule has 0 aromatic rings. The average molecular weight is 358 g/mol. The van der Waals surface area contributed by atoms with E-state index in [0.29, 0.717) is 12.8 Å². The first-order valence-corrected chi connectivity index (χ1v) is 10.2. The fraction of sp³-hybridized carbons (Fsp3) is 0.909. The van der Waals surface area contributed by atoms with Gasteiger partial charge in [-0.15, -0.1) is 0 Å². The molecule has 8 N–H and O–H groups in total. The van der Waals surface area contributed by atoms with Crippen LogP contribution in [0.5, 0.6) is 0 Å². The molecule has 1 saturated carbocycles. The Hall–Kier alpha value is -0.110. The van der Waals surface area contributed by atoms with Crippen molar-refractivity contribution in [2.24, 2.45) is 11.1 Å².